The lowest BCUT2D eigenvalue weighted by Gasteiger charge is -2.17. The van der Waals surface area contributed by atoms with Crippen LogP contribution in [0, 0.1) is 0 Å². The zero-order chi connectivity index (χ0) is 14.7. The second-order valence-corrected chi connectivity index (χ2v) is 5.76. The van der Waals surface area contributed by atoms with E-state index in [1.807, 2.05) is 31.2 Å². The first kappa shape index (κ1) is 14.9. The van der Waals surface area contributed by atoms with E-state index in [0.29, 0.717) is 10.7 Å². The maximum atomic E-state index is 11.2. The minimum absolute atomic E-state index is 0.0117. The van der Waals surface area contributed by atoms with Crippen LogP contribution in [0.2, 0.25) is 5.02 Å². The molecule has 2 aromatic carbocycles. The molecule has 0 saturated heterocycles. The molecule has 0 aliphatic carbocycles. The molecule has 0 radical (unpaired) electrons. The van der Waals surface area contributed by atoms with Crippen molar-refractivity contribution in [2.45, 2.75) is 13.0 Å². The largest absolute Gasteiger partial charge is 0.478 e. The number of halogens is 2. The Kier molecular flexibility index (Phi) is 4.68. The molecule has 0 fully saturated rings. The Labute approximate surface area is 130 Å². The van der Waals surface area contributed by atoms with Crippen LogP contribution in [0.1, 0.15) is 28.9 Å². The Balaban J connectivity index is 2.25. The summed E-state index contributed by atoms with van der Waals surface area (Å²) in [5.41, 5.74) is 1.79. The van der Waals surface area contributed by atoms with Crippen molar-refractivity contribution in [3.63, 3.8) is 0 Å². The molecular formula is C15H13BrClNO2. The topological polar surface area (TPSA) is 49.3 Å². The van der Waals surface area contributed by atoms with Crippen molar-refractivity contribution in [1.29, 1.82) is 0 Å². The van der Waals surface area contributed by atoms with E-state index >= 15 is 0 Å². The predicted molar refractivity (Wildman–Crippen MR) is 84.6 cm³/mol. The van der Waals surface area contributed by atoms with Crippen LogP contribution in [0.15, 0.2) is 46.9 Å². The van der Waals surface area contributed by atoms with Gasteiger partial charge in [0, 0.05) is 21.2 Å². The van der Waals surface area contributed by atoms with Crippen molar-refractivity contribution in [2.75, 3.05) is 5.32 Å². The third kappa shape index (κ3) is 3.52. The molecule has 1 atom stereocenters. The van der Waals surface area contributed by atoms with Crippen molar-refractivity contribution in [3.8, 4) is 0 Å². The van der Waals surface area contributed by atoms with Crippen LogP contribution in [0.4, 0.5) is 5.69 Å². The third-order valence-electron chi connectivity index (χ3n) is 2.95. The Bertz CT molecular complexity index is 628. The maximum absolute atomic E-state index is 11.2. The summed E-state index contributed by atoms with van der Waals surface area (Å²) in [4.78, 5) is 11.2. The van der Waals surface area contributed by atoms with Gasteiger partial charge in [0.1, 0.15) is 0 Å². The van der Waals surface area contributed by atoms with Crippen LogP contribution in [0.5, 0.6) is 0 Å². The first-order valence-corrected chi connectivity index (χ1v) is 7.19. The van der Waals surface area contributed by atoms with Gasteiger partial charge in [0.25, 0.3) is 0 Å². The van der Waals surface area contributed by atoms with Crippen LogP contribution >= 0.6 is 27.5 Å². The Morgan fingerprint density at radius 3 is 2.50 bits per heavy atom. The molecule has 2 N–H and O–H groups in total. The van der Waals surface area contributed by atoms with E-state index in [9.17, 15) is 9.90 Å². The Morgan fingerprint density at radius 2 is 1.90 bits per heavy atom. The van der Waals surface area contributed by atoms with Gasteiger partial charge in [-0.3, -0.25) is 0 Å². The standard InChI is InChI=1S/C15H13BrClNO2/c1-9(10-2-4-11(16)5-3-10)18-14-7-6-12(17)8-13(14)15(19)20/h2-9,18H,1H3,(H,19,20). The van der Waals surface area contributed by atoms with Crippen molar-refractivity contribution in [3.05, 3.63) is 63.1 Å². The second-order valence-electron chi connectivity index (χ2n) is 4.41. The summed E-state index contributed by atoms with van der Waals surface area (Å²) < 4.78 is 1.01. The number of hydrogen-bond donors (Lipinski definition) is 2. The summed E-state index contributed by atoms with van der Waals surface area (Å²) in [7, 11) is 0. The third-order valence-corrected chi connectivity index (χ3v) is 3.72. The van der Waals surface area contributed by atoms with Gasteiger partial charge >= 0.3 is 5.97 Å². The van der Waals surface area contributed by atoms with Gasteiger partial charge in [-0.15, -0.1) is 0 Å². The molecule has 20 heavy (non-hydrogen) atoms. The molecule has 5 heteroatoms. The minimum atomic E-state index is -1.00. The Hall–Kier alpha value is -1.52. The van der Waals surface area contributed by atoms with Gasteiger partial charge in [0.05, 0.1) is 5.56 Å². The van der Waals surface area contributed by atoms with Crippen molar-refractivity contribution in [1.82, 2.24) is 0 Å². The molecule has 0 bridgehead atoms. The van der Waals surface area contributed by atoms with Gasteiger partial charge in [-0.05, 0) is 42.8 Å². The number of carbonyl (C=O) groups is 1. The number of benzene rings is 2. The lowest BCUT2D eigenvalue weighted by molar-refractivity contribution is 0.0698. The highest BCUT2D eigenvalue weighted by atomic mass is 79.9. The molecular weight excluding hydrogens is 342 g/mol. The van der Waals surface area contributed by atoms with E-state index in [0.717, 1.165) is 10.0 Å². The molecule has 0 saturated carbocycles. The first-order chi connectivity index (χ1) is 9.47. The zero-order valence-electron chi connectivity index (χ0n) is 10.7. The van der Waals surface area contributed by atoms with Gasteiger partial charge in [-0.2, -0.15) is 0 Å². The highest BCUT2D eigenvalue weighted by molar-refractivity contribution is 9.10. The molecule has 1 unspecified atom stereocenters. The number of anilines is 1. The molecule has 3 nitrogen and oxygen atoms in total. The highest BCUT2D eigenvalue weighted by Crippen LogP contribution is 2.26. The molecule has 0 spiro atoms. The molecule has 0 heterocycles. The molecule has 104 valence electrons. The fourth-order valence-electron chi connectivity index (χ4n) is 1.89. The normalized spacial score (nSPS) is 11.9. The van der Waals surface area contributed by atoms with E-state index < -0.39 is 5.97 Å². The molecule has 0 aliphatic rings. The number of nitrogens with one attached hydrogen (secondary N) is 1. The molecule has 0 aromatic heterocycles. The molecule has 2 rings (SSSR count). The van der Waals surface area contributed by atoms with Crippen LogP contribution in [0.25, 0.3) is 0 Å². The predicted octanol–water partition coefficient (Wildman–Crippen LogP) is 4.97. The summed E-state index contributed by atoms with van der Waals surface area (Å²) in [5.74, 6) is -1.00. The summed E-state index contributed by atoms with van der Waals surface area (Å²) in [6.45, 7) is 1.98. The second kappa shape index (κ2) is 6.29. The summed E-state index contributed by atoms with van der Waals surface area (Å²) in [6, 6.07) is 12.7. The van der Waals surface area contributed by atoms with Crippen molar-refractivity contribution in [2.24, 2.45) is 0 Å². The SMILES string of the molecule is CC(Nc1ccc(Cl)cc1C(=O)O)c1ccc(Br)cc1. The van der Waals surface area contributed by atoms with Crippen LogP contribution in [-0.4, -0.2) is 11.1 Å². The van der Waals surface area contributed by atoms with E-state index in [4.69, 9.17) is 11.6 Å². The number of rotatable bonds is 4. The van der Waals surface area contributed by atoms with Crippen molar-refractivity contribution < 1.29 is 9.90 Å². The highest BCUT2D eigenvalue weighted by Gasteiger charge is 2.13. The lowest BCUT2D eigenvalue weighted by Crippen LogP contribution is -2.10. The smallest absolute Gasteiger partial charge is 0.337 e. The van der Waals surface area contributed by atoms with Gasteiger partial charge in [-0.25, -0.2) is 4.79 Å². The average molecular weight is 355 g/mol. The first-order valence-electron chi connectivity index (χ1n) is 6.02. The number of aromatic carboxylic acids is 1. The van der Waals surface area contributed by atoms with E-state index in [1.165, 1.54) is 6.07 Å². The fraction of sp³-hybridized carbons (Fsp3) is 0.133. The maximum Gasteiger partial charge on any atom is 0.337 e. The fourth-order valence-corrected chi connectivity index (χ4v) is 2.32. The van der Waals surface area contributed by atoms with Gasteiger partial charge < -0.3 is 10.4 Å². The molecule has 0 amide bonds. The minimum Gasteiger partial charge on any atom is -0.478 e. The van der Waals surface area contributed by atoms with E-state index in [2.05, 4.69) is 21.2 Å². The molecule has 0 aliphatic heterocycles. The van der Waals surface area contributed by atoms with E-state index in [1.54, 1.807) is 12.1 Å². The van der Waals surface area contributed by atoms with Gasteiger partial charge in [-0.1, -0.05) is 39.7 Å². The van der Waals surface area contributed by atoms with E-state index in [-0.39, 0.29) is 11.6 Å². The number of carboxylic acids is 1. The van der Waals surface area contributed by atoms with Gasteiger partial charge in [0.2, 0.25) is 0 Å². The average Bonchev–Trinajstić information content (AvgIpc) is 2.41. The summed E-state index contributed by atoms with van der Waals surface area (Å²) in [6.07, 6.45) is 0. The van der Waals surface area contributed by atoms with Crippen LogP contribution in [-0.2, 0) is 0 Å². The summed E-state index contributed by atoms with van der Waals surface area (Å²) in [5, 5.41) is 12.8. The number of carboxylic acid groups (broad SMARTS) is 1. The summed E-state index contributed by atoms with van der Waals surface area (Å²) >= 11 is 9.22. The Morgan fingerprint density at radius 1 is 1.25 bits per heavy atom. The molecule has 2 aromatic rings. The lowest BCUT2D eigenvalue weighted by atomic mass is 10.1. The monoisotopic (exact) mass is 353 g/mol. The van der Waals surface area contributed by atoms with Crippen molar-refractivity contribution >= 4 is 39.2 Å². The van der Waals surface area contributed by atoms with Crippen LogP contribution in [0.3, 0.4) is 0 Å². The quantitative estimate of drug-likeness (QED) is 0.814. The van der Waals surface area contributed by atoms with Gasteiger partial charge in [0.15, 0.2) is 0 Å². The zero-order valence-corrected chi connectivity index (χ0v) is 13.1. The number of hydrogen-bond acceptors (Lipinski definition) is 2. The van der Waals surface area contributed by atoms with Crippen LogP contribution < -0.4 is 5.32 Å².